The minimum atomic E-state index is -0.565. The average molecular weight is 261 g/mol. The van der Waals surface area contributed by atoms with Gasteiger partial charge in [0, 0.05) is 13.1 Å². The third-order valence-corrected chi connectivity index (χ3v) is 3.82. The van der Waals surface area contributed by atoms with Crippen LogP contribution in [0, 0.1) is 5.92 Å². The quantitative estimate of drug-likeness (QED) is 0.836. The van der Waals surface area contributed by atoms with E-state index in [1.165, 1.54) is 0 Å². The molecule has 104 valence electrons. The molecule has 1 aromatic rings. The standard InChI is InChI=1S/C15H23N3O/c1-2-18-9-8-12(11-18)10-17-15(19)14(16)13-6-4-3-5-7-13/h3-7,12,14H,2,8-11,16H2,1H3,(H,17,19). The van der Waals surface area contributed by atoms with Gasteiger partial charge in [-0.15, -0.1) is 0 Å². The first-order chi connectivity index (χ1) is 9.20. The first kappa shape index (κ1) is 14.0. The van der Waals surface area contributed by atoms with Crippen molar-refractivity contribution < 1.29 is 4.79 Å². The smallest absolute Gasteiger partial charge is 0.241 e. The molecule has 2 unspecified atom stereocenters. The molecule has 0 radical (unpaired) electrons. The fourth-order valence-electron chi connectivity index (χ4n) is 2.53. The largest absolute Gasteiger partial charge is 0.354 e. The van der Waals surface area contributed by atoms with Gasteiger partial charge in [0.1, 0.15) is 6.04 Å². The third kappa shape index (κ3) is 3.78. The molecule has 1 saturated heterocycles. The van der Waals surface area contributed by atoms with Crippen molar-refractivity contribution in [3.8, 4) is 0 Å². The van der Waals surface area contributed by atoms with Gasteiger partial charge in [0.15, 0.2) is 0 Å². The molecule has 2 atom stereocenters. The number of nitrogens with one attached hydrogen (secondary N) is 1. The van der Waals surface area contributed by atoms with Crippen LogP contribution in [0.4, 0.5) is 0 Å². The van der Waals surface area contributed by atoms with Crippen LogP contribution in [0.3, 0.4) is 0 Å². The maximum Gasteiger partial charge on any atom is 0.241 e. The number of amides is 1. The Morgan fingerprint density at radius 3 is 2.84 bits per heavy atom. The highest BCUT2D eigenvalue weighted by Crippen LogP contribution is 2.15. The summed E-state index contributed by atoms with van der Waals surface area (Å²) in [4.78, 5) is 14.4. The highest BCUT2D eigenvalue weighted by Gasteiger charge is 2.22. The zero-order chi connectivity index (χ0) is 13.7. The Kier molecular flexibility index (Phi) is 4.93. The Morgan fingerprint density at radius 2 is 2.21 bits per heavy atom. The van der Waals surface area contributed by atoms with Gasteiger partial charge in [-0.1, -0.05) is 37.3 Å². The van der Waals surface area contributed by atoms with Gasteiger partial charge in [0.2, 0.25) is 5.91 Å². The number of benzene rings is 1. The van der Waals surface area contributed by atoms with Crippen LogP contribution in [-0.2, 0) is 4.79 Å². The second-order valence-corrected chi connectivity index (χ2v) is 5.18. The summed E-state index contributed by atoms with van der Waals surface area (Å²) in [5.41, 5.74) is 6.82. The SMILES string of the molecule is CCN1CCC(CNC(=O)C(N)c2ccccc2)C1. The van der Waals surface area contributed by atoms with Gasteiger partial charge in [0.05, 0.1) is 0 Å². The normalized spacial score (nSPS) is 21.3. The molecule has 0 saturated carbocycles. The minimum absolute atomic E-state index is 0.0823. The predicted octanol–water partition coefficient (Wildman–Crippen LogP) is 1.14. The number of likely N-dealkylation sites (tertiary alicyclic amines) is 1. The molecule has 19 heavy (non-hydrogen) atoms. The van der Waals surface area contributed by atoms with E-state index < -0.39 is 6.04 Å². The van der Waals surface area contributed by atoms with Gasteiger partial charge >= 0.3 is 0 Å². The molecule has 3 N–H and O–H groups in total. The van der Waals surface area contributed by atoms with Gasteiger partial charge in [-0.25, -0.2) is 0 Å². The summed E-state index contributed by atoms with van der Waals surface area (Å²) in [6.07, 6.45) is 1.16. The summed E-state index contributed by atoms with van der Waals surface area (Å²) >= 11 is 0. The Bertz CT molecular complexity index is 407. The molecular weight excluding hydrogens is 238 g/mol. The fourth-order valence-corrected chi connectivity index (χ4v) is 2.53. The number of hydrogen-bond donors (Lipinski definition) is 2. The van der Waals surface area contributed by atoms with Crippen LogP contribution in [0.25, 0.3) is 0 Å². The summed E-state index contributed by atoms with van der Waals surface area (Å²) in [7, 11) is 0. The molecule has 4 heteroatoms. The third-order valence-electron chi connectivity index (χ3n) is 3.82. The Labute approximate surface area is 115 Å². The number of nitrogens with zero attached hydrogens (tertiary/aromatic N) is 1. The second-order valence-electron chi connectivity index (χ2n) is 5.18. The van der Waals surface area contributed by atoms with Gasteiger partial charge < -0.3 is 16.0 Å². The summed E-state index contributed by atoms with van der Waals surface area (Å²) in [5.74, 6) is 0.480. The second kappa shape index (κ2) is 6.68. The van der Waals surface area contributed by atoms with Crippen molar-refractivity contribution in [1.82, 2.24) is 10.2 Å². The molecular formula is C15H23N3O. The molecule has 2 rings (SSSR count). The predicted molar refractivity (Wildman–Crippen MR) is 76.6 cm³/mol. The van der Waals surface area contributed by atoms with Crippen molar-refractivity contribution in [3.63, 3.8) is 0 Å². The molecule has 0 spiro atoms. The molecule has 1 heterocycles. The molecule has 4 nitrogen and oxygen atoms in total. The van der Waals surface area contributed by atoms with Crippen LogP contribution >= 0.6 is 0 Å². The zero-order valence-corrected chi connectivity index (χ0v) is 11.5. The molecule has 1 fully saturated rings. The van der Waals surface area contributed by atoms with Crippen molar-refractivity contribution in [3.05, 3.63) is 35.9 Å². The zero-order valence-electron chi connectivity index (χ0n) is 11.5. The van der Waals surface area contributed by atoms with Crippen LogP contribution < -0.4 is 11.1 Å². The van der Waals surface area contributed by atoms with E-state index in [4.69, 9.17) is 5.73 Å². The van der Waals surface area contributed by atoms with Crippen LogP contribution in [0.1, 0.15) is 24.9 Å². The van der Waals surface area contributed by atoms with Crippen LogP contribution in [0.2, 0.25) is 0 Å². The first-order valence-corrected chi connectivity index (χ1v) is 7.01. The monoisotopic (exact) mass is 261 g/mol. The lowest BCUT2D eigenvalue weighted by Crippen LogP contribution is -2.37. The number of nitrogens with two attached hydrogens (primary N) is 1. The van der Waals surface area contributed by atoms with E-state index in [1.54, 1.807) is 0 Å². The molecule has 1 amide bonds. The van der Waals surface area contributed by atoms with Crippen LogP contribution in [0.5, 0.6) is 0 Å². The molecule has 1 aromatic carbocycles. The number of rotatable bonds is 5. The maximum absolute atomic E-state index is 12.0. The van der Waals surface area contributed by atoms with Crippen molar-refractivity contribution in [1.29, 1.82) is 0 Å². The Hall–Kier alpha value is -1.39. The minimum Gasteiger partial charge on any atom is -0.354 e. The Morgan fingerprint density at radius 1 is 1.47 bits per heavy atom. The topological polar surface area (TPSA) is 58.4 Å². The highest BCUT2D eigenvalue weighted by atomic mass is 16.2. The van der Waals surface area contributed by atoms with Crippen LogP contribution in [0.15, 0.2) is 30.3 Å². The lowest BCUT2D eigenvalue weighted by molar-refractivity contribution is -0.122. The number of carbonyl (C=O) groups is 1. The van der Waals surface area contributed by atoms with Gasteiger partial charge in [-0.3, -0.25) is 4.79 Å². The number of carbonyl (C=O) groups excluding carboxylic acids is 1. The van der Waals surface area contributed by atoms with Gasteiger partial charge in [-0.2, -0.15) is 0 Å². The van der Waals surface area contributed by atoms with E-state index in [9.17, 15) is 4.79 Å². The summed E-state index contributed by atoms with van der Waals surface area (Å²) in [6, 6.07) is 8.94. The van der Waals surface area contributed by atoms with E-state index in [0.29, 0.717) is 5.92 Å². The molecule has 1 aliphatic rings. The van der Waals surface area contributed by atoms with Crippen molar-refractivity contribution in [2.24, 2.45) is 11.7 Å². The number of hydrogen-bond acceptors (Lipinski definition) is 3. The van der Waals surface area contributed by atoms with Gasteiger partial charge in [0.25, 0.3) is 0 Å². The molecule has 0 aliphatic carbocycles. The summed E-state index contributed by atoms with van der Waals surface area (Å²) in [5, 5.41) is 2.98. The van der Waals surface area contributed by atoms with E-state index in [-0.39, 0.29) is 5.91 Å². The van der Waals surface area contributed by atoms with E-state index in [1.807, 2.05) is 30.3 Å². The van der Waals surface area contributed by atoms with Crippen LogP contribution in [-0.4, -0.2) is 37.0 Å². The first-order valence-electron chi connectivity index (χ1n) is 7.01. The van der Waals surface area contributed by atoms with Crippen molar-refractivity contribution in [2.75, 3.05) is 26.2 Å². The van der Waals surface area contributed by atoms with E-state index in [0.717, 1.165) is 38.2 Å². The average Bonchev–Trinajstić information content (AvgIpc) is 2.93. The van der Waals surface area contributed by atoms with E-state index >= 15 is 0 Å². The molecule has 0 bridgehead atoms. The highest BCUT2D eigenvalue weighted by molar-refractivity contribution is 5.82. The fraction of sp³-hybridized carbons (Fsp3) is 0.533. The molecule has 0 aromatic heterocycles. The Balaban J connectivity index is 1.79. The van der Waals surface area contributed by atoms with Gasteiger partial charge in [-0.05, 0) is 31.0 Å². The molecule has 1 aliphatic heterocycles. The van der Waals surface area contributed by atoms with E-state index in [2.05, 4.69) is 17.1 Å². The van der Waals surface area contributed by atoms with Crippen molar-refractivity contribution in [2.45, 2.75) is 19.4 Å². The summed E-state index contributed by atoms with van der Waals surface area (Å²) < 4.78 is 0. The lowest BCUT2D eigenvalue weighted by atomic mass is 10.1. The lowest BCUT2D eigenvalue weighted by Gasteiger charge is -2.16. The summed E-state index contributed by atoms with van der Waals surface area (Å²) in [6.45, 7) is 6.22. The van der Waals surface area contributed by atoms with Crippen molar-refractivity contribution >= 4 is 5.91 Å². The maximum atomic E-state index is 12.0.